The van der Waals surface area contributed by atoms with Gasteiger partial charge in [-0.2, -0.15) is 11.8 Å². The lowest BCUT2D eigenvalue weighted by molar-refractivity contribution is -0.115. The van der Waals surface area contributed by atoms with Gasteiger partial charge >= 0.3 is 0 Å². The number of rotatable bonds is 6. The predicted octanol–water partition coefficient (Wildman–Crippen LogP) is 4.14. The van der Waals surface area contributed by atoms with Crippen molar-refractivity contribution in [3.8, 4) is 0 Å². The molecule has 1 heterocycles. The number of amides is 2. The van der Waals surface area contributed by atoms with Crippen molar-refractivity contribution in [2.75, 3.05) is 35.2 Å². The van der Waals surface area contributed by atoms with E-state index in [2.05, 4.69) is 33.7 Å². The Morgan fingerprint density at radius 3 is 2.61 bits per heavy atom. The van der Waals surface area contributed by atoms with E-state index >= 15 is 0 Å². The number of carbonyl (C=O) groups excluding carboxylic acids is 2. The minimum absolute atomic E-state index is 0.0720. The maximum atomic E-state index is 12.7. The number of hydrogen-bond donors (Lipinski definition) is 2. The van der Waals surface area contributed by atoms with Crippen molar-refractivity contribution in [3.63, 3.8) is 0 Å². The van der Waals surface area contributed by atoms with Crippen LogP contribution in [0.2, 0.25) is 0 Å². The first-order chi connectivity index (χ1) is 13.5. The van der Waals surface area contributed by atoms with E-state index in [0.717, 1.165) is 30.9 Å². The topological polar surface area (TPSA) is 61.4 Å². The third-order valence-corrected chi connectivity index (χ3v) is 5.73. The Hall–Kier alpha value is -2.31. The van der Waals surface area contributed by atoms with E-state index in [-0.39, 0.29) is 11.8 Å². The Labute approximate surface area is 170 Å². The first-order valence-corrected chi connectivity index (χ1v) is 10.8. The highest BCUT2D eigenvalue weighted by molar-refractivity contribution is 7.99. The smallest absolute Gasteiger partial charge is 0.255 e. The Bertz CT molecular complexity index is 847. The molecule has 2 amide bonds. The van der Waals surface area contributed by atoms with Crippen molar-refractivity contribution < 1.29 is 9.59 Å². The molecular formula is C22H27N3O2S. The quantitative estimate of drug-likeness (QED) is 0.769. The monoisotopic (exact) mass is 397 g/mol. The minimum atomic E-state index is -0.179. The standard InChI is InChI=1S/C22H27N3O2S/c1-3-21(26)23-19-6-4-5-18(14-19)22(27)24-20-13-17(8-7-16(20)2)15-25-9-11-28-12-10-25/h4-8,13-14H,3,9-12,15H2,1-2H3,(H,23,26)(H,24,27). The van der Waals surface area contributed by atoms with E-state index in [1.54, 1.807) is 31.2 Å². The van der Waals surface area contributed by atoms with Crippen LogP contribution < -0.4 is 10.6 Å². The lowest BCUT2D eigenvalue weighted by Gasteiger charge is -2.26. The highest BCUT2D eigenvalue weighted by Crippen LogP contribution is 2.21. The maximum absolute atomic E-state index is 12.7. The van der Waals surface area contributed by atoms with Gasteiger partial charge in [0, 0.05) is 54.5 Å². The molecule has 1 saturated heterocycles. The molecule has 0 aromatic heterocycles. The normalized spacial score (nSPS) is 14.5. The van der Waals surface area contributed by atoms with Crippen LogP contribution in [0.4, 0.5) is 11.4 Å². The molecule has 2 aromatic carbocycles. The lowest BCUT2D eigenvalue weighted by atomic mass is 10.1. The summed E-state index contributed by atoms with van der Waals surface area (Å²) < 4.78 is 0. The van der Waals surface area contributed by atoms with Crippen molar-refractivity contribution in [1.82, 2.24) is 4.90 Å². The summed E-state index contributed by atoms with van der Waals surface area (Å²) in [6.45, 7) is 6.91. The molecule has 6 heteroatoms. The molecule has 0 aliphatic carbocycles. The number of carbonyl (C=O) groups is 2. The van der Waals surface area contributed by atoms with E-state index in [9.17, 15) is 9.59 Å². The molecule has 2 N–H and O–H groups in total. The second-order valence-electron chi connectivity index (χ2n) is 6.97. The number of hydrogen-bond acceptors (Lipinski definition) is 4. The molecule has 0 atom stereocenters. The molecule has 1 aliphatic rings. The molecule has 1 fully saturated rings. The summed E-state index contributed by atoms with van der Waals surface area (Å²) in [5, 5.41) is 5.81. The van der Waals surface area contributed by atoms with Crippen LogP contribution in [0.3, 0.4) is 0 Å². The van der Waals surface area contributed by atoms with Gasteiger partial charge in [-0.3, -0.25) is 14.5 Å². The lowest BCUT2D eigenvalue weighted by Crippen LogP contribution is -2.32. The molecule has 0 unspecified atom stereocenters. The van der Waals surface area contributed by atoms with Crippen LogP contribution in [0.1, 0.15) is 34.8 Å². The van der Waals surface area contributed by atoms with Gasteiger partial charge in [-0.25, -0.2) is 0 Å². The third-order valence-electron chi connectivity index (χ3n) is 4.79. The number of benzene rings is 2. The zero-order valence-electron chi connectivity index (χ0n) is 16.5. The van der Waals surface area contributed by atoms with Gasteiger partial charge in [0.05, 0.1) is 0 Å². The highest BCUT2D eigenvalue weighted by Gasteiger charge is 2.13. The molecular weight excluding hydrogens is 370 g/mol. The predicted molar refractivity (Wildman–Crippen MR) is 117 cm³/mol. The molecule has 0 saturated carbocycles. The zero-order valence-corrected chi connectivity index (χ0v) is 17.3. The highest BCUT2D eigenvalue weighted by atomic mass is 32.2. The number of thioether (sulfide) groups is 1. The number of anilines is 2. The van der Waals surface area contributed by atoms with E-state index in [1.165, 1.54) is 17.1 Å². The van der Waals surface area contributed by atoms with Gasteiger partial charge in [-0.15, -0.1) is 0 Å². The average Bonchev–Trinajstić information content (AvgIpc) is 2.71. The van der Waals surface area contributed by atoms with Crippen molar-refractivity contribution in [3.05, 3.63) is 59.2 Å². The first kappa shape index (κ1) is 20.4. The summed E-state index contributed by atoms with van der Waals surface area (Å²) in [6.07, 6.45) is 0.401. The Kier molecular flexibility index (Phi) is 7.12. The molecule has 28 heavy (non-hydrogen) atoms. The zero-order chi connectivity index (χ0) is 19.9. The molecule has 5 nitrogen and oxygen atoms in total. The summed E-state index contributed by atoms with van der Waals surface area (Å²) in [6, 6.07) is 13.3. The summed E-state index contributed by atoms with van der Waals surface area (Å²) in [5.41, 5.74) is 4.22. The van der Waals surface area contributed by atoms with E-state index in [4.69, 9.17) is 0 Å². The number of aryl methyl sites for hydroxylation is 1. The van der Waals surface area contributed by atoms with E-state index in [0.29, 0.717) is 17.7 Å². The second-order valence-corrected chi connectivity index (χ2v) is 8.20. The van der Waals surface area contributed by atoms with Crippen LogP contribution in [0.25, 0.3) is 0 Å². The molecule has 2 aromatic rings. The molecule has 0 spiro atoms. The van der Waals surface area contributed by atoms with Crippen LogP contribution in [-0.4, -0.2) is 41.3 Å². The summed E-state index contributed by atoms with van der Waals surface area (Å²) in [5.74, 6) is 2.11. The number of nitrogens with one attached hydrogen (secondary N) is 2. The van der Waals surface area contributed by atoms with Gasteiger partial charge in [-0.05, 0) is 42.3 Å². The van der Waals surface area contributed by atoms with Gasteiger partial charge in [-0.1, -0.05) is 25.1 Å². The van der Waals surface area contributed by atoms with Gasteiger partial charge < -0.3 is 10.6 Å². The number of nitrogens with zero attached hydrogens (tertiary/aromatic N) is 1. The Balaban J connectivity index is 1.70. The second kappa shape index (κ2) is 9.75. The van der Waals surface area contributed by atoms with Crippen LogP contribution in [-0.2, 0) is 11.3 Å². The van der Waals surface area contributed by atoms with E-state index < -0.39 is 0 Å². The Morgan fingerprint density at radius 2 is 1.86 bits per heavy atom. The van der Waals surface area contributed by atoms with Gasteiger partial charge in [0.15, 0.2) is 0 Å². The fourth-order valence-electron chi connectivity index (χ4n) is 3.10. The molecule has 0 bridgehead atoms. The van der Waals surface area contributed by atoms with Crippen LogP contribution in [0.15, 0.2) is 42.5 Å². The molecule has 148 valence electrons. The summed E-state index contributed by atoms with van der Waals surface area (Å²) in [7, 11) is 0. The SMILES string of the molecule is CCC(=O)Nc1cccc(C(=O)Nc2cc(CN3CCSCC3)ccc2C)c1. The van der Waals surface area contributed by atoms with Gasteiger partial charge in [0.25, 0.3) is 5.91 Å². The summed E-state index contributed by atoms with van der Waals surface area (Å²) in [4.78, 5) is 26.8. The summed E-state index contributed by atoms with van der Waals surface area (Å²) >= 11 is 2.00. The van der Waals surface area contributed by atoms with Crippen molar-refractivity contribution >= 4 is 35.0 Å². The third kappa shape index (κ3) is 5.59. The first-order valence-electron chi connectivity index (χ1n) is 9.66. The van der Waals surface area contributed by atoms with Gasteiger partial charge in [0.1, 0.15) is 0 Å². The largest absolute Gasteiger partial charge is 0.326 e. The molecule has 1 aliphatic heterocycles. The Morgan fingerprint density at radius 1 is 1.07 bits per heavy atom. The minimum Gasteiger partial charge on any atom is -0.326 e. The van der Waals surface area contributed by atoms with E-state index in [1.807, 2.05) is 18.7 Å². The molecule has 3 rings (SSSR count). The van der Waals surface area contributed by atoms with Crippen molar-refractivity contribution in [1.29, 1.82) is 0 Å². The van der Waals surface area contributed by atoms with Crippen molar-refractivity contribution in [2.45, 2.75) is 26.8 Å². The fourth-order valence-corrected chi connectivity index (χ4v) is 4.08. The van der Waals surface area contributed by atoms with Crippen molar-refractivity contribution in [2.24, 2.45) is 0 Å². The van der Waals surface area contributed by atoms with Gasteiger partial charge in [0.2, 0.25) is 5.91 Å². The van der Waals surface area contributed by atoms with Crippen LogP contribution >= 0.6 is 11.8 Å². The average molecular weight is 398 g/mol. The maximum Gasteiger partial charge on any atom is 0.255 e. The van der Waals surface area contributed by atoms with Crippen LogP contribution in [0, 0.1) is 6.92 Å². The fraction of sp³-hybridized carbons (Fsp3) is 0.364. The molecule has 0 radical (unpaired) electrons. The van der Waals surface area contributed by atoms with Crippen LogP contribution in [0.5, 0.6) is 0 Å².